The van der Waals surface area contributed by atoms with Crippen LogP contribution in [0.25, 0.3) is 0 Å². The summed E-state index contributed by atoms with van der Waals surface area (Å²) < 4.78 is 6.24. The van der Waals surface area contributed by atoms with Gasteiger partial charge in [-0.25, -0.2) is 0 Å². The molecule has 0 radical (unpaired) electrons. The van der Waals surface area contributed by atoms with Crippen LogP contribution in [0.5, 0.6) is 0 Å². The molecular formula is C17H15Cl3O. The van der Waals surface area contributed by atoms with Gasteiger partial charge in [0, 0.05) is 15.4 Å². The topological polar surface area (TPSA) is 9.23 Å². The van der Waals surface area contributed by atoms with Crippen LogP contribution in [0, 0.1) is 0 Å². The largest absolute Gasteiger partial charge is 0.365 e. The number of rotatable bonds is 2. The van der Waals surface area contributed by atoms with Gasteiger partial charge in [0.1, 0.15) is 0 Å². The average molecular weight is 342 g/mol. The van der Waals surface area contributed by atoms with E-state index >= 15 is 0 Å². The number of hydrogen-bond acceptors (Lipinski definition) is 1. The van der Waals surface area contributed by atoms with Crippen LogP contribution in [0.4, 0.5) is 0 Å². The summed E-state index contributed by atoms with van der Waals surface area (Å²) in [5.41, 5.74) is 2.23. The van der Waals surface area contributed by atoms with Gasteiger partial charge in [-0.05, 0) is 48.2 Å². The fourth-order valence-electron chi connectivity index (χ4n) is 2.65. The lowest BCUT2D eigenvalue weighted by Gasteiger charge is -2.33. The van der Waals surface area contributed by atoms with Gasteiger partial charge in [-0.15, -0.1) is 11.6 Å². The minimum Gasteiger partial charge on any atom is -0.365 e. The molecule has 0 N–H and O–H groups in total. The molecule has 1 fully saturated rings. The first-order chi connectivity index (χ1) is 10.1. The van der Waals surface area contributed by atoms with Crippen LogP contribution in [0.3, 0.4) is 0 Å². The maximum absolute atomic E-state index is 6.44. The molecule has 4 heteroatoms. The second-order valence-electron chi connectivity index (χ2n) is 5.29. The van der Waals surface area contributed by atoms with E-state index < -0.39 is 0 Å². The Morgan fingerprint density at radius 3 is 1.48 bits per heavy atom. The highest BCUT2D eigenvalue weighted by Gasteiger charge is 2.30. The smallest absolute Gasteiger partial charge is 0.0847 e. The van der Waals surface area contributed by atoms with Crippen molar-refractivity contribution in [3.8, 4) is 0 Å². The molecule has 0 amide bonds. The first-order valence-corrected chi connectivity index (χ1v) is 8.11. The molecule has 1 aliphatic heterocycles. The molecule has 0 aliphatic carbocycles. The summed E-state index contributed by atoms with van der Waals surface area (Å²) in [6.07, 6.45) is 1.62. The molecule has 0 aromatic heterocycles. The third kappa shape index (κ3) is 3.73. The van der Waals surface area contributed by atoms with E-state index in [2.05, 4.69) is 0 Å². The summed E-state index contributed by atoms with van der Waals surface area (Å²) in [5, 5.41) is 1.55. The van der Waals surface area contributed by atoms with Crippen molar-refractivity contribution in [2.75, 3.05) is 0 Å². The van der Waals surface area contributed by atoms with Gasteiger partial charge in [0.2, 0.25) is 0 Å². The average Bonchev–Trinajstić information content (AvgIpc) is 2.48. The molecule has 1 aliphatic rings. The lowest BCUT2D eigenvalue weighted by Crippen LogP contribution is -2.23. The minimum absolute atomic E-state index is 0.000746. The molecule has 0 bridgehead atoms. The minimum atomic E-state index is -0.000746. The zero-order valence-electron chi connectivity index (χ0n) is 11.3. The normalized spacial score (nSPS) is 25.8. The van der Waals surface area contributed by atoms with Crippen LogP contribution >= 0.6 is 34.8 Å². The first kappa shape index (κ1) is 15.2. The van der Waals surface area contributed by atoms with Crippen molar-refractivity contribution in [2.24, 2.45) is 0 Å². The fourth-order valence-corrected chi connectivity index (χ4v) is 3.23. The van der Waals surface area contributed by atoms with Crippen LogP contribution < -0.4 is 0 Å². The number of benzene rings is 2. The number of hydrogen-bond donors (Lipinski definition) is 0. The van der Waals surface area contributed by atoms with Gasteiger partial charge in [-0.2, -0.15) is 0 Å². The molecule has 1 nitrogen and oxygen atoms in total. The Morgan fingerprint density at radius 2 is 1.10 bits per heavy atom. The summed E-state index contributed by atoms with van der Waals surface area (Å²) in [6.45, 7) is 0. The second-order valence-corrected chi connectivity index (χ2v) is 6.78. The fraction of sp³-hybridized carbons (Fsp3) is 0.294. The number of halogens is 3. The quantitative estimate of drug-likeness (QED) is 0.591. The summed E-state index contributed by atoms with van der Waals surface area (Å²) in [4.78, 5) is 0. The first-order valence-electron chi connectivity index (χ1n) is 6.92. The third-order valence-electron chi connectivity index (χ3n) is 3.75. The SMILES string of the molecule is Clc1ccc(C2CC(Cl)CC(c3ccc(Cl)cc3)O2)cc1. The summed E-state index contributed by atoms with van der Waals surface area (Å²) in [7, 11) is 0. The molecule has 3 rings (SSSR count). The second kappa shape index (κ2) is 6.58. The summed E-state index contributed by atoms with van der Waals surface area (Å²) >= 11 is 18.3. The molecule has 0 saturated carbocycles. The van der Waals surface area contributed by atoms with Gasteiger partial charge in [0.05, 0.1) is 12.2 Å². The Hall–Kier alpha value is -0.730. The van der Waals surface area contributed by atoms with Crippen molar-refractivity contribution in [2.45, 2.75) is 30.4 Å². The summed E-state index contributed by atoms with van der Waals surface area (Å²) in [5.74, 6) is 0. The predicted octanol–water partition coefficient (Wildman–Crippen LogP) is 6.19. The van der Waals surface area contributed by atoms with E-state index in [4.69, 9.17) is 39.5 Å². The number of alkyl halides is 1. The van der Waals surface area contributed by atoms with Crippen LogP contribution in [0.1, 0.15) is 36.2 Å². The molecule has 2 unspecified atom stereocenters. The Morgan fingerprint density at radius 1 is 0.714 bits per heavy atom. The number of ether oxygens (including phenoxy) is 1. The van der Waals surface area contributed by atoms with Gasteiger partial charge in [0.15, 0.2) is 0 Å². The lowest BCUT2D eigenvalue weighted by atomic mass is 9.94. The predicted molar refractivity (Wildman–Crippen MR) is 88.3 cm³/mol. The molecule has 2 aromatic carbocycles. The molecule has 110 valence electrons. The Labute approximate surface area is 139 Å². The van der Waals surface area contributed by atoms with E-state index in [0.717, 1.165) is 34.0 Å². The van der Waals surface area contributed by atoms with Crippen LogP contribution in [0.15, 0.2) is 48.5 Å². The van der Waals surface area contributed by atoms with Crippen molar-refractivity contribution >= 4 is 34.8 Å². The van der Waals surface area contributed by atoms with Gasteiger partial charge >= 0.3 is 0 Å². The Balaban J connectivity index is 1.81. The zero-order chi connectivity index (χ0) is 14.8. The van der Waals surface area contributed by atoms with E-state index in [-0.39, 0.29) is 17.6 Å². The van der Waals surface area contributed by atoms with Crippen molar-refractivity contribution in [1.29, 1.82) is 0 Å². The van der Waals surface area contributed by atoms with E-state index in [1.165, 1.54) is 0 Å². The highest BCUT2D eigenvalue weighted by Crippen LogP contribution is 2.41. The van der Waals surface area contributed by atoms with Gasteiger partial charge in [-0.3, -0.25) is 0 Å². The molecular weight excluding hydrogens is 327 g/mol. The standard InChI is InChI=1S/C17H15Cl3O/c18-13-5-1-11(2-6-13)16-9-15(20)10-17(21-16)12-3-7-14(19)8-4-12/h1-8,15-17H,9-10H2. The highest BCUT2D eigenvalue weighted by atomic mass is 35.5. The van der Waals surface area contributed by atoms with Gasteiger partial charge < -0.3 is 4.74 Å². The maximum Gasteiger partial charge on any atom is 0.0847 e. The summed E-state index contributed by atoms with van der Waals surface area (Å²) in [6, 6.07) is 15.5. The Bertz CT molecular complexity index is 541. The zero-order valence-corrected chi connectivity index (χ0v) is 13.6. The van der Waals surface area contributed by atoms with Crippen LogP contribution in [-0.4, -0.2) is 5.38 Å². The van der Waals surface area contributed by atoms with E-state index in [0.29, 0.717) is 0 Å². The molecule has 0 spiro atoms. The molecule has 2 atom stereocenters. The van der Waals surface area contributed by atoms with E-state index in [9.17, 15) is 0 Å². The molecule has 1 heterocycles. The van der Waals surface area contributed by atoms with Crippen molar-refractivity contribution in [1.82, 2.24) is 0 Å². The van der Waals surface area contributed by atoms with Crippen molar-refractivity contribution in [3.63, 3.8) is 0 Å². The molecule has 2 aromatic rings. The highest BCUT2D eigenvalue weighted by molar-refractivity contribution is 6.30. The van der Waals surface area contributed by atoms with E-state index in [1.54, 1.807) is 0 Å². The van der Waals surface area contributed by atoms with Gasteiger partial charge in [0.25, 0.3) is 0 Å². The Kier molecular flexibility index (Phi) is 4.75. The molecule has 1 saturated heterocycles. The van der Waals surface area contributed by atoms with Crippen LogP contribution in [-0.2, 0) is 4.74 Å². The van der Waals surface area contributed by atoms with Crippen molar-refractivity contribution < 1.29 is 4.74 Å². The lowest BCUT2D eigenvalue weighted by molar-refractivity contribution is -0.0516. The monoisotopic (exact) mass is 340 g/mol. The maximum atomic E-state index is 6.44. The van der Waals surface area contributed by atoms with Gasteiger partial charge in [-0.1, -0.05) is 47.5 Å². The third-order valence-corrected chi connectivity index (χ3v) is 4.61. The van der Waals surface area contributed by atoms with E-state index in [1.807, 2.05) is 48.5 Å². The van der Waals surface area contributed by atoms with Crippen molar-refractivity contribution in [3.05, 3.63) is 69.7 Å². The van der Waals surface area contributed by atoms with Crippen LogP contribution in [0.2, 0.25) is 10.0 Å². The molecule has 21 heavy (non-hydrogen) atoms.